The van der Waals surface area contributed by atoms with Crippen LogP contribution in [0.15, 0.2) is 31.0 Å². The van der Waals surface area contributed by atoms with Crippen LogP contribution >= 0.6 is 0 Å². The zero-order valence-corrected chi connectivity index (χ0v) is 9.74. The Bertz CT molecular complexity index is 657. The molecule has 3 aromatic rings. The molecule has 3 rings (SSSR count). The largest absolute Gasteiger partial charge is 0.396 e. The summed E-state index contributed by atoms with van der Waals surface area (Å²) in [5.74, 6) is 0. The molecular weight excluding hydrogens is 230 g/mol. The van der Waals surface area contributed by atoms with E-state index < -0.39 is 0 Å². The average molecular weight is 243 g/mol. The molecule has 0 saturated heterocycles. The van der Waals surface area contributed by atoms with E-state index in [1.807, 2.05) is 23.1 Å². The van der Waals surface area contributed by atoms with Gasteiger partial charge < -0.3 is 10.1 Å². The molecule has 0 aromatic carbocycles. The second-order valence-electron chi connectivity index (χ2n) is 4.03. The van der Waals surface area contributed by atoms with Crippen molar-refractivity contribution in [2.75, 3.05) is 6.61 Å². The first kappa shape index (κ1) is 10.9. The van der Waals surface area contributed by atoms with Crippen molar-refractivity contribution in [2.45, 2.75) is 13.0 Å². The standard InChI is InChI=1S/C12H13N5O/c18-5-1-4-17-7-9(6-16-17)11-10-2-3-13-12(10)15-8-14-11/h2-3,6-8,18H,1,4-5H2,(H,13,14,15). The summed E-state index contributed by atoms with van der Waals surface area (Å²) in [6.45, 7) is 0.878. The number of aliphatic hydroxyl groups excluding tert-OH is 1. The van der Waals surface area contributed by atoms with Gasteiger partial charge in [-0.2, -0.15) is 5.10 Å². The molecule has 0 amide bonds. The number of aromatic nitrogens is 5. The van der Waals surface area contributed by atoms with Crippen LogP contribution in [-0.2, 0) is 6.54 Å². The van der Waals surface area contributed by atoms with E-state index >= 15 is 0 Å². The molecule has 0 bridgehead atoms. The van der Waals surface area contributed by atoms with Gasteiger partial charge in [-0.3, -0.25) is 4.68 Å². The molecule has 92 valence electrons. The Hall–Kier alpha value is -2.21. The number of aryl methyl sites for hydroxylation is 1. The minimum Gasteiger partial charge on any atom is -0.396 e. The predicted molar refractivity (Wildman–Crippen MR) is 66.8 cm³/mol. The van der Waals surface area contributed by atoms with Gasteiger partial charge in [0, 0.05) is 36.5 Å². The van der Waals surface area contributed by atoms with E-state index in [4.69, 9.17) is 5.11 Å². The summed E-state index contributed by atoms with van der Waals surface area (Å²) < 4.78 is 1.81. The van der Waals surface area contributed by atoms with E-state index in [-0.39, 0.29) is 6.61 Å². The highest BCUT2D eigenvalue weighted by Crippen LogP contribution is 2.23. The monoisotopic (exact) mass is 243 g/mol. The van der Waals surface area contributed by atoms with Crippen LogP contribution in [-0.4, -0.2) is 36.4 Å². The average Bonchev–Trinajstić information content (AvgIpc) is 3.04. The molecule has 0 atom stereocenters. The second-order valence-corrected chi connectivity index (χ2v) is 4.03. The number of rotatable bonds is 4. The highest BCUT2D eigenvalue weighted by atomic mass is 16.3. The van der Waals surface area contributed by atoms with Crippen LogP contribution in [0.25, 0.3) is 22.3 Å². The van der Waals surface area contributed by atoms with Crippen LogP contribution in [0.2, 0.25) is 0 Å². The molecule has 0 spiro atoms. The number of aliphatic hydroxyl groups is 1. The number of fused-ring (bicyclic) bond motifs is 1. The number of hydrogen-bond acceptors (Lipinski definition) is 4. The zero-order chi connectivity index (χ0) is 12.4. The Kier molecular flexibility index (Phi) is 2.77. The summed E-state index contributed by atoms with van der Waals surface area (Å²) in [5.41, 5.74) is 2.65. The van der Waals surface area contributed by atoms with Crippen molar-refractivity contribution in [3.05, 3.63) is 31.0 Å². The van der Waals surface area contributed by atoms with Gasteiger partial charge in [0.1, 0.15) is 12.0 Å². The molecule has 0 unspecified atom stereocenters. The van der Waals surface area contributed by atoms with Gasteiger partial charge in [-0.15, -0.1) is 0 Å². The minimum absolute atomic E-state index is 0.171. The van der Waals surface area contributed by atoms with Crippen molar-refractivity contribution >= 4 is 11.0 Å². The lowest BCUT2D eigenvalue weighted by molar-refractivity contribution is 0.277. The first-order valence-corrected chi connectivity index (χ1v) is 5.80. The van der Waals surface area contributed by atoms with Crippen LogP contribution in [0.1, 0.15) is 6.42 Å². The topological polar surface area (TPSA) is 79.6 Å². The van der Waals surface area contributed by atoms with Crippen molar-refractivity contribution in [3.63, 3.8) is 0 Å². The third-order valence-electron chi connectivity index (χ3n) is 2.81. The highest BCUT2D eigenvalue weighted by Gasteiger charge is 2.08. The van der Waals surface area contributed by atoms with Crippen LogP contribution in [0.5, 0.6) is 0 Å². The van der Waals surface area contributed by atoms with E-state index in [0.29, 0.717) is 13.0 Å². The van der Waals surface area contributed by atoms with Gasteiger partial charge >= 0.3 is 0 Å². The molecule has 0 fully saturated rings. The van der Waals surface area contributed by atoms with Crippen molar-refractivity contribution in [1.82, 2.24) is 24.7 Å². The summed E-state index contributed by atoms with van der Waals surface area (Å²) in [6.07, 6.45) is 7.80. The molecular formula is C12H13N5O. The smallest absolute Gasteiger partial charge is 0.141 e. The second kappa shape index (κ2) is 4.58. The van der Waals surface area contributed by atoms with Gasteiger partial charge in [0.2, 0.25) is 0 Å². The number of nitrogens with zero attached hydrogens (tertiary/aromatic N) is 4. The van der Waals surface area contributed by atoms with Crippen LogP contribution < -0.4 is 0 Å². The van der Waals surface area contributed by atoms with Crippen LogP contribution in [0, 0.1) is 0 Å². The SMILES string of the molecule is OCCCn1cc(-c2ncnc3[nH]ccc23)cn1. The molecule has 6 heteroatoms. The fourth-order valence-electron chi connectivity index (χ4n) is 1.94. The Labute approximate surface area is 103 Å². The van der Waals surface area contributed by atoms with Gasteiger partial charge in [-0.1, -0.05) is 0 Å². The molecule has 3 aromatic heterocycles. The summed E-state index contributed by atoms with van der Waals surface area (Å²) in [7, 11) is 0. The lowest BCUT2D eigenvalue weighted by Crippen LogP contribution is -1.99. The van der Waals surface area contributed by atoms with Gasteiger partial charge in [0.15, 0.2) is 0 Å². The molecule has 3 heterocycles. The Morgan fingerprint density at radius 3 is 3.17 bits per heavy atom. The molecule has 0 aliphatic heterocycles. The first-order chi connectivity index (χ1) is 8.88. The molecule has 0 aliphatic carbocycles. The highest BCUT2D eigenvalue weighted by molar-refractivity contribution is 5.89. The third kappa shape index (κ3) is 1.86. The Morgan fingerprint density at radius 2 is 2.28 bits per heavy atom. The number of aromatic amines is 1. The van der Waals surface area contributed by atoms with Crippen molar-refractivity contribution < 1.29 is 5.11 Å². The van der Waals surface area contributed by atoms with Gasteiger partial charge in [0.05, 0.1) is 11.9 Å². The zero-order valence-electron chi connectivity index (χ0n) is 9.74. The minimum atomic E-state index is 0.171. The molecule has 18 heavy (non-hydrogen) atoms. The lowest BCUT2D eigenvalue weighted by atomic mass is 10.2. The fraction of sp³-hybridized carbons (Fsp3) is 0.250. The van der Waals surface area contributed by atoms with Gasteiger partial charge in [-0.05, 0) is 12.5 Å². The molecule has 0 radical (unpaired) electrons. The number of hydrogen-bond donors (Lipinski definition) is 2. The van der Waals surface area contributed by atoms with E-state index in [0.717, 1.165) is 22.3 Å². The summed E-state index contributed by atoms with van der Waals surface area (Å²) in [6, 6.07) is 1.95. The quantitative estimate of drug-likeness (QED) is 0.721. The first-order valence-electron chi connectivity index (χ1n) is 5.80. The van der Waals surface area contributed by atoms with Crippen LogP contribution in [0.4, 0.5) is 0 Å². The summed E-state index contributed by atoms with van der Waals surface area (Å²) in [5, 5.41) is 14.0. The molecule has 6 nitrogen and oxygen atoms in total. The molecule has 0 aliphatic rings. The fourth-order valence-corrected chi connectivity index (χ4v) is 1.94. The predicted octanol–water partition coefficient (Wildman–Crippen LogP) is 1.20. The summed E-state index contributed by atoms with van der Waals surface area (Å²) in [4.78, 5) is 11.5. The Balaban J connectivity index is 1.98. The Morgan fingerprint density at radius 1 is 1.33 bits per heavy atom. The number of nitrogens with one attached hydrogen (secondary N) is 1. The third-order valence-corrected chi connectivity index (χ3v) is 2.81. The molecule has 0 saturated carbocycles. The van der Waals surface area contributed by atoms with Gasteiger partial charge in [0.25, 0.3) is 0 Å². The van der Waals surface area contributed by atoms with Crippen molar-refractivity contribution in [2.24, 2.45) is 0 Å². The normalized spacial score (nSPS) is 11.2. The maximum atomic E-state index is 8.80. The maximum Gasteiger partial charge on any atom is 0.141 e. The van der Waals surface area contributed by atoms with E-state index in [1.54, 1.807) is 12.5 Å². The lowest BCUT2D eigenvalue weighted by Gasteiger charge is -1.99. The molecule has 2 N–H and O–H groups in total. The summed E-state index contributed by atoms with van der Waals surface area (Å²) >= 11 is 0. The van der Waals surface area contributed by atoms with E-state index in [1.165, 1.54) is 0 Å². The van der Waals surface area contributed by atoms with E-state index in [9.17, 15) is 0 Å². The van der Waals surface area contributed by atoms with Crippen molar-refractivity contribution in [3.8, 4) is 11.3 Å². The van der Waals surface area contributed by atoms with Gasteiger partial charge in [-0.25, -0.2) is 9.97 Å². The number of H-pyrrole nitrogens is 1. The maximum absolute atomic E-state index is 8.80. The van der Waals surface area contributed by atoms with Crippen LogP contribution in [0.3, 0.4) is 0 Å². The van der Waals surface area contributed by atoms with E-state index in [2.05, 4.69) is 20.1 Å². The van der Waals surface area contributed by atoms with Crippen molar-refractivity contribution in [1.29, 1.82) is 0 Å².